The van der Waals surface area contributed by atoms with Crippen LogP contribution in [0.1, 0.15) is 5.56 Å². The van der Waals surface area contributed by atoms with Gasteiger partial charge in [0.05, 0.1) is 5.52 Å². The van der Waals surface area contributed by atoms with Crippen LogP contribution in [0.25, 0.3) is 10.9 Å². The van der Waals surface area contributed by atoms with E-state index < -0.39 is 0 Å². The number of nitrogen functional groups attached to an aromatic ring is 1. The highest BCUT2D eigenvalue weighted by Crippen LogP contribution is 2.28. The molecule has 2 heterocycles. The van der Waals surface area contributed by atoms with Crippen LogP contribution in [0, 0.1) is 0 Å². The van der Waals surface area contributed by atoms with Crippen LogP contribution in [0.3, 0.4) is 0 Å². The van der Waals surface area contributed by atoms with Gasteiger partial charge in [0.2, 0.25) is 11.1 Å². The second kappa shape index (κ2) is 6.13. The van der Waals surface area contributed by atoms with Gasteiger partial charge >= 0.3 is 0 Å². The number of aromatic amines is 1. The quantitative estimate of drug-likeness (QED) is 0.559. The van der Waals surface area contributed by atoms with Crippen molar-refractivity contribution in [2.45, 2.75) is 15.8 Å². The fourth-order valence-electron chi connectivity index (χ4n) is 1.86. The van der Waals surface area contributed by atoms with Crippen molar-refractivity contribution in [1.82, 2.24) is 20.2 Å². The van der Waals surface area contributed by atoms with Crippen LogP contribution < -0.4 is 5.73 Å². The standard InChI is InChI=1S/C13H12ClN5S2/c1-20-9-3-2-7-4-8(11(14)16-10(7)5-9)6-21-13-17-12(15)18-19-13/h2-5H,6H2,1H3,(H3,15,17,18,19). The summed E-state index contributed by atoms with van der Waals surface area (Å²) in [6.45, 7) is 0. The summed E-state index contributed by atoms with van der Waals surface area (Å²) in [5, 5.41) is 8.77. The van der Waals surface area contributed by atoms with Gasteiger partial charge in [-0.25, -0.2) is 10.1 Å². The number of H-pyrrole nitrogens is 1. The Kier molecular flexibility index (Phi) is 4.23. The highest BCUT2D eigenvalue weighted by atomic mass is 35.5. The van der Waals surface area contributed by atoms with Gasteiger partial charge in [-0.1, -0.05) is 29.4 Å². The molecule has 21 heavy (non-hydrogen) atoms. The van der Waals surface area contributed by atoms with Crippen molar-refractivity contribution in [3.63, 3.8) is 0 Å². The maximum Gasteiger partial charge on any atom is 0.216 e. The number of hydrogen-bond acceptors (Lipinski definition) is 6. The fourth-order valence-corrected chi connectivity index (χ4v) is 3.36. The zero-order valence-electron chi connectivity index (χ0n) is 11.1. The second-order valence-corrected chi connectivity index (χ2v) is 6.47. The molecule has 0 spiro atoms. The van der Waals surface area contributed by atoms with Gasteiger partial charge in [-0.3, -0.25) is 0 Å². The van der Waals surface area contributed by atoms with Crippen molar-refractivity contribution < 1.29 is 0 Å². The van der Waals surface area contributed by atoms with Gasteiger partial charge in [0, 0.05) is 21.6 Å². The number of halogens is 1. The average molecular weight is 338 g/mol. The molecule has 0 atom stereocenters. The number of nitrogens with two attached hydrogens (primary N) is 1. The van der Waals surface area contributed by atoms with Crippen molar-refractivity contribution in [2.75, 3.05) is 12.0 Å². The molecule has 3 rings (SSSR count). The third-order valence-electron chi connectivity index (χ3n) is 2.89. The summed E-state index contributed by atoms with van der Waals surface area (Å²) in [6, 6.07) is 8.23. The molecule has 1 aromatic carbocycles. The molecule has 0 bridgehead atoms. The minimum Gasteiger partial charge on any atom is -0.368 e. The summed E-state index contributed by atoms with van der Waals surface area (Å²) in [6.07, 6.45) is 2.04. The van der Waals surface area contributed by atoms with Gasteiger partial charge in [-0.05, 0) is 24.5 Å². The molecular formula is C13H12ClN5S2. The Hall–Kier alpha value is -1.44. The van der Waals surface area contributed by atoms with E-state index in [0.29, 0.717) is 22.0 Å². The molecule has 0 amide bonds. The van der Waals surface area contributed by atoms with Gasteiger partial charge in [-0.15, -0.1) is 16.9 Å². The van der Waals surface area contributed by atoms with Crippen molar-refractivity contribution >= 4 is 52.0 Å². The highest BCUT2D eigenvalue weighted by molar-refractivity contribution is 7.98. The normalized spacial score (nSPS) is 11.1. The van der Waals surface area contributed by atoms with Crippen LogP contribution in [-0.4, -0.2) is 26.4 Å². The molecule has 0 saturated carbocycles. The first-order valence-corrected chi connectivity index (χ1v) is 8.68. The molecule has 0 fully saturated rings. The second-order valence-electron chi connectivity index (χ2n) is 4.29. The van der Waals surface area contributed by atoms with Crippen LogP contribution in [0.5, 0.6) is 0 Å². The van der Waals surface area contributed by atoms with E-state index in [1.54, 1.807) is 11.8 Å². The molecule has 0 aliphatic rings. The van der Waals surface area contributed by atoms with Gasteiger partial charge in [0.1, 0.15) is 5.15 Å². The maximum absolute atomic E-state index is 6.27. The topological polar surface area (TPSA) is 80.5 Å². The van der Waals surface area contributed by atoms with Gasteiger partial charge in [-0.2, -0.15) is 4.98 Å². The van der Waals surface area contributed by atoms with Crippen molar-refractivity contribution in [1.29, 1.82) is 0 Å². The van der Waals surface area contributed by atoms with E-state index in [2.05, 4.69) is 38.4 Å². The number of rotatable bonds is 4. The van der Waals surface area contributed by atoms with Gasteiger partial charge < -0.3 is 5.73 Å². The first kappa shape index (κ1) is 14.5. The predicted octanol–water partition coefficient (Wildman–Crippen LogP) is 3.60. The number of benzene rings is 1. The van der Waals surface area contributed by atoms with E-state index in [4.69, 9.17) is 17.3 Å². The Morgan fingerprint density at radius 3 is 2.86 bits per heavy atom. The highest BCUT2D eigenvalue weighted by Gasteiger charge is 2.08. The number of anilines is 1. The summed E-state index contributed by atoms with van der Waals surface area (Å²) in [5.74, 6) is 0.952. The smallest absolute Gasteiger partial charge is 0.216 e. The first-order chi connectivity index (χ1) is 10.2. The molecular weight excluding hydrogens is 326 g/mol. The maximum atomic E-state index is 6.27. The van der Waals surface area contributed by atoms with E-state index in [9.17, 15) is 0 Å². The lowest BCUT2D eigenvalue weighted by molar-refractivity contribution is 0.973. The molecule has 2 aromatic heterocycles. The molecule has 0 saturated heterocycles. The lowest BCUT2D eigenvalue weighted by Gasteiger charge is -2.06. The first-order valence-electron chi connectivity index (χ1n) is 6.09. The molecule has 3 aromatic rings. The molecule has 108 valence electrons. The lowest BCUT2D eigenvalue weighted by atomic mass is 10.2. The Bertz CT molecular complexity index is 789. The molecule has 8 heteroatoms. The number of nitrogens with one attached hydrogen (secondary N) is 1. The van der Waals surface area contributed by atoms with E-state index in [-0.39, 0.29) is 0 Å². The number of pyridine rings is 1. The summed E-state index contributed by atoms with van der Waals surface area (Å²) in [4.78, 5) is 9.69. The average Bonchev–Trinajstić information content (AvgIpc) is 2.90. The van der Waals surface area contributed by atoms with Gasteiger partial charge in [0.25, 0.3) is 0 Å². The fraction of sp³-hybridized carbons (Fsp3) is 0.154. The molecule has 0 aliphatic carbocycles. The zero-order valence-corrected chi connectivity index (χ0v) is 13.5. The summed E-state index contributed by atoms with van der Waals surface area (Å²) >= 11 is 9.41. The Balaban J connectivity index is 1.86. The SMILES string of the molecule is CSc1ccc2cc(CSc3n[nH]c(N)n3)c(Cl)nc2c1. The van der Waals surface area contributed by atoms with E-state index in [1.165, 1.54) is 16.7 Å². The van der Waals surface area contributed by atoms with Gasteiger partial charge in [0.15, 0.2) is 0 Å². The molecule has 0 aliphatic heterocycles. The minimum absolute atomic E-state index is 0.310. The number of aromatic nitrogens is 4. The third-order valence-corrected chi connectivity index (χ3v) is 4.84. The summed E-state index contributed by atoms with van der Waals surface area (Å²) in [5.41, 5.74) is 7.35. The Morgan fingerprint density at radius 1 is 1.29 bits per heavy atom. The van der Waals surface area contributed by atoms with Crippen LogP contribution in [0.2, 0.25) is 5.15 Å². The summed E-state index contributed by atoms with van der Waals surface area (Å²) < 4.78 is 0. The van der Waals surface area contributed by atoms with Crippen LogP contribution in [0.15, 0.2) is 34.3 Å². The van der Waals surface area contributed by atoms with E-state index >= 15 is 0 Å². The zero-order chi connectivity index (χ0) is 14.8. The van der Waals surface area contributed by atoms with Crippen molar-refractivity contribution in [2.24, 2.45) is 0 Å². The number of thioether (sulfide) groups is 2. The van der Waals surface area contributed by atoms with E-state index in [0.717, 1.165) is 16.5 Å². The summed E-state index contributed by atoms with van der Waals surface area (Å²) in [7, 11) is 0. The van der Waals surface area contributed by atoms with E-state index in [1.807, 2.05) is 12.3 Å². The lowest BCUT2D eigenvalue weighted by Crippen LogP contribution is -1.90. The van der Waals surface area contributed by atoms with Crippen LogP contribution in [-0.2, 0) is 5.75 Å². The Labute approximate surface area is 135 Å². The van der Waals surface area contributed by atoms with Crippen LogP contribution in [0.4, 0.5) is 5.95 Å². The van der Waals surface area contributed by atoms with Crippen LogP contribution >= 0.6 is 35.1 Å². The molecule has 0 radical (unpaired) electrons. The third kappa shape index (κ3) is 3.25. The van der Waals surface area contributed by atoms with Crippen molar-refractivity contribution in [3.8, 4) is 0 Å². The minimum atomic E-state index is 0.310. The number of nitrogens with zero attached hydrogens (tertiary/aromatic N) is 3. The molecule has 5 nitrogen and oxygen atoms in total. The largest absolute Gasteiger partial charge is 0.368 e. The molecule has 0 unspecified atom stereocenters. The Morgan fingerprint density at radius 2 is 2.14 bits per heavy atom. The number of hydrogen-bond donors (Lipinski definition) is 2. The monoisotopic (exact) mass is 337 g/mol. The molecule has 3 N–H and O–H groups in total. The number of fused-ring (bicyclic) bond motifs is 1. The van der Waals surface area contributed by atoms with Crippen molar-refractivity contribution in [3.05, 3.63) is 35.0 Å². The predicted molar refractivity (Wildman–Crippen MR) is 88.9 cm³/mol.